The van der Waals surface area contributed by atoms with Crippen LogP contribution in [0.15, 0.2) is 0 Å². The van der Waals surface area contributed by atoms with Gasteiger partial charge in [0, 0.05) is 6.61 Å². The Hall–Kier alpha value is -0.0400. The topological polar surface area (TPSA) is 20.2 Å². The minimum atomic E-state index is 0.386. The number of rotatable bonds is 3. The zero-order valence-electron chi connectivity index (χ0n) is 8.42. The monoisotopic (exact) mass is 170 g/mol. The van der Waals surface area contributed by atoms with E-state index >= 15 is 0 Å². The predicted octanol–water partition coefficient (Wildman–Crippen LogP) is 2.83. The molecule has 72 valence electrons. The largest absolute Gasteiger partial charge is 0.396 e. The molecule has 0 saturated heterocycles. The van der Waals surface area contributed by atoms with Crippen LogP contribution in [0, 0.1) is 17.8 Å². The van der Waals surface area contributed by atoms with E-state index in [4.69, 9.17) is 5.11 Å². The lowest BCUT2D eigenvalue weighted by Crippen LogP contribution is -2.19. The molecule has 0 atom stereocenters. The van der Waals surface area contributed by atoms with Gasteiger partial charge in [0.15, 0.2) is 0 Å². The van der Waals surface area contributed by atoms with Crippen LogP contribution in [0.1, 0.15) is 46.0 Å². The highest BCUT2D eigenvalue weighted by molar-refractivity contribution is 4.74. The summed E-state index contributed by atoms with van der Waals surface area (Å²) in [4.78, 5) is 0. The van der Waals surface area contributed by atoms with E-state index in [9.17, 15) is 0 Å². The normalized spacial score (nSPS) is 31.0. The molecule has 0 heterocycles. The van der Waals surface area contributed by atoms with Gasteiger partial charge in [0.25, 0.3) is 0 Å². The molecule has 1 saturated carbocycles. The maximum atomic E-state index is 8.79. The van der Waals surface area contributed by atoms with E-state index < -0.39 is 0 Å². The van der Waals surface area contributed by atoms with Crippen LogP contribution < -0.4 is 0 Å². The Morgan fingerprint density at radius 3 is 2.17 bits per heavy atom. The Balaban J connectivity index is 2.20. The fraction of sp³-hybridized carbons (Fsp3) is 1.00. The lowest BCUT2D eigenvalue weighted by atomic mass is 9.76. The SMILES string of the molecule is CC(C)C1CCC(CCO)CC1. The van der Waals surface area contributed by atoms with Gasteiger partial charge in [-0.25, -0.2) is 0 Å². The molecule has 1 aliphatic rings. The summed E-state index contributed by atoms with van der Waals surface area (Å²) in [6.45, 7) is 5.05. The van der Waals surface area contributed by atoms with Crippen molar-refractivity contribution in [2.24, 2.45) is 17.8 Å². The number of hydrogen-bond acceptors (Lipinski definition) is 1. The van der Waals surface area contributed by atoms with Crippen LogP contribution in [0.25, 0.3) is 0 Å². The Kier molecular flexibility index (Phi) is 4.07. The summed E-state index contributed by atoms with van der Waals surface area (Å²) < 4.78 is 0. The van der Waals surface area contributed by atoms with Crippen molar-refractivity contribution in [2.45, 2.75) is 46.0 Å². The van der Waals surface area contributed by atoms with E-state index in [1.54, 1.807) is 0 Å². The standard InChI is InChI=1S/C11H22O/c1-9(2)11-5-3-10(4-6-11)7-8-12/h9-12H,3-8H2,1-2H3. The second-order valence-corrected chi connectivity index (χ2v) is 4.54. The average Bonchev–Trinajstić information content (AvgIpc) is 2.06. The zero-order chi connectivity index (χ0) is 8.97. The first-order chi connectivity index (χ1) is 5.74. The molecule has 0 aromatic heterocycles. The molecule has 0 aromatic carbocycles. The summed E-state index contributed by atoms with van der Waals surface area (Å²) in [6.07, 6.45) is 6.52. The Morgan fingerprint density at radius 1 is 1.17 bits per heavy atom. The van der Waals surface area contributed by atoms with Crippen LogP contribution >= 0.6 is 0 Å². The van der Waals surface area contributed by atoms with E-state index in [1.165, 1.54) is 25.7 Å². The predicted molar refractivity (Wildman–Crippen MR) is 52.0 cm³/mol. The highest BCUT2D eigenvalue weighted by atomic mass is 16.3. The van der Waals surface area contributed by atoms with Crippen molar-refractivity contribution >= 4 is 0 Å². The van der Waals surface area contributed by atoms with Crippen LogP contribution in [0.2, 0.25) is 0 Å². The molecule has 12 heavy (non-hydrogen) atoms. The molecule has 0 spiro atoms. The summed E-state index contributed by atoms with van der Waals surface area (Å²) in [6, 6.07) is 0. The molecular weight excluding hydrogens is 148 g/mol. The van der Waals surface area contributed by atoms with Gasteiger partial charge in [-0.1, -0.05) is 26.7 Å². The second kappa shape index (κ2) is 4.86. The van der Waals surface area contributed by atoms with Gasteiger partial charge in [-0.2, -0.15) is 0 Å². The molecule has 0 aromatic rings. The van der Waals surface area contributed by atoms with Crippen molar-refractivity contribution in [3.05, 3.63) is 0 Å². The maximum absolute atomic E-state index is 8.79. The van der Waals surface area contributed by atoms with E-state index in [2.05, 4.69) is 13.8 Å². The van der Waals surface area contributed by atoms with Crippen molar-refractivity contribution in [2.75, 3.05) is 6.61 Å². The molecule has 1 heteroatoms. The third-order valence-electron chi connectivity index (χ3n) is 3.37. The summed E-state index contributed by atoms with van der Waals surface area (Å²) in [5.41, 5.74) is 0. The van der Waals surface area contributed by atoms with E-state index in [1.807, 2.05) is 0 Å². The van der Waals surface area contributed by atoms with Crippen LogP contribution in [0.4, 0.5) is 0 Å². The van der Waals surface area contributed by atoms with Crippen LogP contribution in [-0.2, 0) is 0 Å². The first-order valence-electron chi connectivity index (χ1n) is 5.35. The van der Waals surface area contributed by atoms with Crippen LogP contribution in [0.3, 0.4) is 0 Å². The van der Waals surface area contributed by atoms with Crippen LogP contribution in [-0.4, -0.2) is 11.7 Å². The molecule has 0 amide bonds. The van der Waals surface area contributed by atoms with Gasteiger partial charge < -0.3 is 5.11 Å². The van der Waals surface area contributed by atoms with Gasteiger partial charge in [-0.3, -0.25) is 0 Å². The maximum Gasteiger partial charge on any atom is 0.0433 e. The van der Waals surface area contributed by atoms with E-state index in [0.29, 0.717) is 6.61 Å². The first-order valence-corrected chi connectivity index (χ1v) is 5.35. The Morgan fingerprint density at radius 2 is 1.75 bits per heavy atom. The highest BCUT2D eigenvalue weighted by Crippen LogP contribution is 2.34. The molecule has 1 N–H and O–H groups in total. The highest BCUT2D eigenvalue weighted by Gasteiger charge is 2.22. The summed E-state index contributed by atoms with van der Waals surface area (Å²) in [5.74, 6) is 2.64. The van der Waals surface area contributed by atoms with Crippen molar-refractivity contribution < 1.29 is 5.11 Å². The van der Waals surface area contributed by atoms with Crippen molar-refractivity contribution in [3.8, 4) is 0 Å². The minimum Gasteiger partial charge on any atom is -0.396 e. The fourth-order valence-electron chi connectivity index (χ4n) is 2.33. The third-order valence-corrected chi connectivity index (χ3v) is 3.37. The number of aliphatic hydroxyl groups excluding tert-OH is 1. The van der Waals surface area contributed by atoms with Gasteiger partial charge in [-0.15, -0.1) is 0 Å². The lowest BCUT2D eigenvalue weighted by Gasteiger charge is -2.30. The first kappa shape index (κ1) is 10.0. The summed E-state index contributed by atoms with van der Waals surface area (Å²) >= 11 is 0. The molecule has 0 unspecified atom stereocenters. The van der Waals surface area contributed by atoms with Gasteiger partial charge in [-0.05, 0) is 37.0 Å². The van der Waals surface area contributed by atoms with Crippen molar-refractivity contribution in [3.63, 3.8) is 0 Å². The summed E-state index contributed by atoms with van der Waals surface area (Å²) in [5, 5.41) is 8.79. The van der Waals surface area contributed by atoms with Crippen molar-refractivity contribution in [1.82, 2.24) is 0 Å². The molecule has 1 aliphatic carbocycles. The van der Waals surface area contributed by atoms with Gasteiger partial charge in [0.2, 0.25) is 0 Å². The number of hydrogen-bond donors (Lipinski definition) is 1. The molecule has 0 radical (unpaired) electrons. The van der Waals surface area contributed by atoms with E-state index in [0.717, 1.165) is 24.2 Å². The fourth-order valence-corrected chi connectivity index (χ4v) is 2.33. The quantitative estimate of drug-likeness (QED) is 0.690. The molecule has 1 fully saturated rings. The molecular formula is C11H22O. The molecule has 1 rings (SSSR count). The van der Waals surface area contributed by atoms with Crippen molar-refractivity contribution in [1.29, 1.82) is 0 Å². The lowest BCUT2D eigenvalue weighted by molar-refractivity contribution is 0.184. The second-order valence-electron chi connectivity index (χ2n) is 4.54. The Labute approximate surface area is 76.2 Å². The third kappa shape index (κ3) is 2.78. The molecule has 1 nitrogen and oxygen atoms in total. The number of aliphatic hydroxyl groups is 1. The Bertz CT molecular complexity index is 112. The molecule has 0 aliphatic heterocycles. The average molecular weight is 170 g/mol. The molecule has 0 bridgehead atoms. The summed E-state index contributed by atoms with van der Waals surface area (Å²) in [7, 11) is 0. The van der Waals surface area contributed by atoms with Gasteiger partial charge in [0.1, 0.15) is 0 Å². The minimum absolute atomic E-state index is 0.386. The zero-order valence-corrected chi connectivity index (χ0v) is 8.42. The smallest absolute Gasteiger partial charge is 0.0433 e. The van der Waals surface area contributed by atoms with Gasteiger partial charge >= 0.3 is 0 Å². The van der Waals surface area contributed by atoms with E-state index in [-0.39, 0.29) is 0 Å². The van der Waals surface area contributed by atoms with Gasteiger partial charge in [0.05, 0.1) is 0 Å². The van der Waals surface area contributed by atoms with Crippen LogP contribution in [0.5, 0.6) is 0 Å².